The van der Waals surface area contributed by atoms with Crippen molar-refractivity contribution in [2.45, 2.75) is 43.4 Å². The van der Waals surface area contributed by atoms with Gasteiger partial charge in [0.05, 0.1) is 18.2 Å². The van der Waals surface area contributed by atoms with Gasteiger partial charge in [-0.1, -0.05) is 41.6 Å². The van der Waals surface area contributed by atoms with Gasteiger partial charge in [0.1, 0.15) is 5.84 Å². The molecule has 2 aromatic rings. The molecule has 34 heavy (non-hydrogen) atoms. The third-order valence-electron chi connectivity index (χ3n) is 7.03. The van der Waals surface area contributed by atoms with Crippen LogP contribution in [0.1, 0.15) is 47.1 Å². The summed E-state index contributed by atoms with van der Waals surface area (Å²) in [5.74, 6) is 1.10. The molecule has 1 saturated heterocycles. The number of aryl methyl sites for hydroxylation is 1. The first-order valence-electron chi connectivity index (χ1n) is 12.4. The van der Waals surface area contributed by atoms with Gasteiger partial charge in [-0.3, -0.25) is 4.99 Å². The molecule has 5 rings (SSSR count). The van der Waals surface area contributed by atoms with E-state index in [1.54, 1.807) is 11.8 Å². The topological polar surface area (TPSA) is 42.6 Å². The Morgan fingerprint density at radius 1 is 1.09 bits per heavy atom. The molecule has 0 spiro atoms. The molecule has 0 atom stereocenters. The molecule has 4 nitrogen and oxygen atoms in total. The Morgan fingerprint density at radius 3 is 2.82 bits per heavy atom. The first-order chi connectivity index (χ1) is 16.7. The summed E-state index contributed by atoms with van der Waals surface area (Å²) in [4.78, 5) is 11.2. The van der Waals surface area contributed by atoms with E-state index in [2.05, 4.69) is 39.5 Å². The lowest BCUT2D eigenvalue weighted by atomic mass is 9.95. The molecule has 6 heteroatoms. The van der Waals surface area contributed by atoms with Crippen LogP contribution in [0.5, 0.6) is 0 Å². The van der Waals surface area contributed by atoms with E-state index in [4.69, 9.17) is 16.6 Å². The van der Waals surface area contributed by atoms with Gasteiger partial charge in [-0.2, -0.15) is 5.26 Å². The number of amidine groups is 1. The molecule has 1 fully saturated rings. The quantitative estimate of drug-likeness (QED) is 0.475. The van der Waals surface area contributed by atoms with Gasteiger partial charge >= 0.3 is 0 Å². The van der Waals surface area contributed by atoms with Crippen LogP contribution in [0, 0.1) is 11.3 Å². The van der Waals surface area contributed by atoms with E-state index in [1.807, 2.05) is 18.2 Å². The van der Waals surface area contributed by atoms with Crippen LogP contribution in [0.4, 0.5) is 0 Å². The molecule has 0 radical (unpaired) electrons. The maximum Gasteiger partial charge on any atom is 0.131 e. The summed E-state index contributed by atoms with van der Waals surface area (Å²) in [6.07, 6.45) is 8.62. The molecular weight excluding hydrogens is 460 g/mol. The number of hydrogen-bond donors (Lipinski definition) is 0. The molecule has 0 saturated carbocycles. The second-order valence-electron chi connectivity index (χ2n) is 9.29. The summed E-state index contributed by atoms with van der Waals surface area (Å²) in [5.41, 5.74) is 5.58. The van der Waals surface area contributed by atoms with E-state index < -0.39 is 0 Å². The highest BCUT2D eigenvalue weighted by atomic mass is 35.5. The molecule has 0 bridgehead atoms. The van der Waals surface area contributed by atoms with Crippen molar-refractivity contribution < 1.29 is 0 Å². The number of benzene rings is 2. The number of halogens is 1. The van der Waals surface area contributed by atoms with Crippen LogP contribution < -0.4 is 0 Å². The smallest absolute Gasteiger partial charge is 0.131 e. The van der Waals surface area contributed by atoms with Gasteiger partial charge in [-0.05, 0) is 98.5 Å². The third kappa shape index (κ3) is 5.20. The van der Waals surface area contributed by atoms with Gasteiger partial charge in [0.25, 0.3) is 0 Å². The fourth-order valence-electron chi connectivity index (χ4n) is 5.33. The van der Waals surface area contributed by atoms with Crippen molar-refractivity contribution in [3.05, 3.63) is 74.7 Å². The standard InChI is InChI=1S/C28H31ClN4S/c29-26-8-3-7-25(28-31-11-16-33(28)15-5-14-32-12-1-2-13-32)24(26)10-9-23-19-21(20-30)18-22-6-4-17-34-27(22)23/h3-4,7-8,17-19H,1-2,5-6,9-16H2. The fourth-order valence-corrected chi connectivity index (χ4v) is 6.53. The molecular formula is C28H31ClN4S. The van der Waals surface area contributed by atoms with Gasteiger partial charge in [-0.15, -0.1) is 0 Å². The molecule has 3 aliphatic heterocycles. The number of allylic oxidation sites excluding steroid dienone is 1. The molecule has 0 unspecified atom stereocenters. The van der Waals surface area contributed by atoms with Crippen molar-refractivity contribution in [1.29, 1.82) is 5.26 Å². The summed E-state index contributed by atoms with van der Waals surface area (Å²) < 4.78 is 0. The van der Waals surface area contributed by atoms with Crippen molar-refractivity contribution >= 4 is 29.2 Å². The maximum absolute atomic E-state index is 9.53. The van der Waals surface area contributed by atoms with Gasteiger partial charge in [0.2, 0.25) is 0 Å². The number of likely N-dealkylation sites (tertiary alicyclic amines) is 1. The van der Waals surface area contributed by atoms with Crippen molar-refractivity contribution in [3.8, 4) is 6.07 Å². The lowest BCUT2D eigenvalue weighted by Gasteiger charge is -2.24. The summed E-state index contributed by atoms with van der Waals surface area (Å²) in [6.45, 7) is 6.57. The first kappa shape index (κ1) is 23.5. The number of nitriles is 1. The van der Waals surface area contributed by atoms with Crippen molar-refractivity contribution in [1.82, 2.24) is 9.80 Å². The van der Waals surface area contributed by atoms with Crippen LogP contribution in [0.3, 0.4) is 0 Å². The zero-order valence-corrected chi connectivity index (χ0v) is 21.2. The highest BCUT2D eigenvalue weighted by Crippen LogP contribution is 2.35. The highest BCUT2D eigenvalue weighted by molar-refractivity contribution is 8.02. The van der Waals surface area contributed by atoms with Gasteiger partial charge in [0.15, 0.2) is 0 Å². The molecule has 0 aromatic heterocycles. The van der Waals surface area contributed by atoms with E-state index in [0.29, 0.717) is 0 Å². The monoisotopic (exact) mass is 490 g/mol. The van der Waals surface area contributed by atoms with Crippen LogP contribution in [0.2, 0.25) is 5.02 Å². The van der Waals surface area contributed by atoms with E-state index in [9.17, 15) is 5.26 Å². The van der Waals surface area contributed by atoms with Crippen LogP contribution in [0.25, 0.3) is 0 Å². The average Bonchev–Trinajstić information content (AvgIpc) is 3.55. The van der Waals surface area contributed by atoms with Crippen molar-refractivity contribution in [2.24, 2.45) is 4.99 Å². The molecule has 0 N–H and O–H groups in total. The van der Waals surface area contributed by atoms with Crippen molar-refractivity contribution in [3.63, 3.8) is 0 Å². The van der Waals surface area contributed by atoms with Gasteiger partial charge in [-0.25, -0.2) is 0 Å². The van der Waals surface area contributed by atoms with Crippen LogP contribution in [0.15, 0.2) is 51.7 Å². The van der Waals surface area contributed by atoms with E-state index in [1.165, 1.54) is 66.0 Å². The second-order valence-corrected chi connectivity index (χ2v) is 10.6. The Morgan fingerprint density at radius 2 is 1.97 bits per heavy atom. The van der Waals surface area contributed by atoms with Gasteiger partial charge < -0.3 is 9.80 Å². The van der Waals surface area contributed by atoms with Crippen LogP contribution in [-0.2, 0) is 19.3 Å². The second kappa shape index (κ2) is 11.0. The van der Waals surface area contributed by atoms with Crippen LogP contribution >= 0.6 is 23.4 Å². The molecule has 176 valence electrons. The summed E-state index contributed by atoms with van der Waals surface area (Å²) in [5, 5.41) is 12.5. The minimum atomic E-state index is 0.744. The highest BCUT2D eigenvalue weighted by Gasteiger charge is 2.23. The Labute approximate surface area is 212 Å². The fraction of sp³-hybridized carbons (Fsp3) is 0.429. The number of aliphatic imine (C=N–C) groups is 1. The number of rotatable bonds is 8. The molecule has 2 aromatic carbocycles. The predicted molar refractivity (Wildman–Crippen MR) is 142 cm³/mol. The Kier molecular flexibility index (Phi) is 7.59. The molecule has 0 amide bonds. The molecule has 3 aliphatic rings. The minimum absolute atomic E-state index is 0.744. The zero-order valence-electron chi connectivity index (χ0n) is 19.6. The minimum Gasteiger partial charge on any atom is -0.355 e. The Balaban J connectivity index is 1.33. The third-order valence-corrected chi connectivity index (χ3v) is 8.47. The van der Waals surface area contributed by atoms with E-state index in [0.717, 1.165) is 55.3 Å². The lowest BCUT2D eigenvalue weighted by Crippen LogP contribution is -2.32. The summed E-state index contributed by atoms with van der Waals surface area (Å²) >= 11 is 8.53. The first-order valence-corrected chi connectivity index (χ1v) is 13.7. The van der Waals surface area contributed by atoms with Gasteiger partial charge in [0, 0.05) is 28.6 Å². The van der Waals surface area contributed by atoms with Crippen LogP contribution in [-0.4, -0.2) is 54.9 Å². The summed E-state index contributed by atoms with van der Waals surface area (Å²) in [7, 11) is 0. The van der Waals surface area contributed by atoms with Crippen molar-refractivity contribution in [2.75, 3.05) is 39.3 Å². The van der Waals surface area contributed by atoms with E-state index in [-0.39, 0.29) is 0 Å². The zero-order chi connectivity index (χ0) is 23.3. The number of nitrogens with zero attached hydrogens (tertiary/aromatic N) is 4. The Hall–Kier alpha value is -2.26. The molecule has 0 aliphatic carbocycles. The largest absolute Gasteiger partial charge is 0.355 e. The number of fused-ring (bicyclic) bond motifs is 1. The SMILES string of the molecule is N#Cc1cc2c(c(CCc3c(Cl)cccc3C3=NCCN3CCCN3CCCC3)c1)SC=CC2. The number of thioether (sulfide) groups is 1. The number of hydrogen-bond acceptors (Lipinski definition) is 5. The Bertz CT molecular complexity index is 1140. The average molecular weight is 491 g/mol. The summed E-state index contributed by atoms with van der Waals surface area (Å²) in [6, 6.07) is 12.6. The lowest BCUT2D eigenvalue weighted by molar-refractivity contribution is 0.313. The maximum atomic E-state index is 9.53. The van der Waals surface area contributed by atoms with E-state index >= 15 is 0 Å². The molecule has 3 heterocycles. The normalized spacial score (nSPS) is 17.6. The predicted octanol–water partition coefficient (Wildman–Crippen LogP) is 5.71.